The van der Waals surface area contributed by atoms with Crippen LogP contribution in [0.4, 0.5) is 5.69 Å². The monoisotopic (exact) mass is 395 g/mol. The molecular weight excluding hydrogens is 378 g/mol. The predicted octanol–water partition coefficient (Wildman–Crippen LogP) is 6.07. The van der Waals surface area contributed by atoms with Gasteiger partial charge in [-0.1, -0.05) is 23.8 Å². The van der Waals surface area contributed by atoms with Crippen LogP contribution < -0.4 is 4.80 Å². The van der Waals surface area contributed by atoms with Gasteiger partial charge in [-0.15, -0.1) is 34.0 Å². The summed E-state index contributed by atoms with van der Waals surface area (Å²) in [6, 6.07) is 14.5. The molecular formula is C20H17N3S3. The summed E-state index contributed by atoms with van der Waals surface area (Å²) in [5, 5.41) is 11.1. The van der Waals surface area contributed by atoms with Crippen molar-refractivity contribution in [3.63, 3.8) is 0 Å². The van der Waals surface area contributed by atoms with Gasteiger partial charge < -0.3 is 0 Å². The largest absolute Gasteiger partial charge is 0.220 e. The lowest BCUT2D eigenvalue weighted by molar-refractivity contribution is 0.857. The molecule has 0 fully saturated rings. The van der Waals surface area contributed by atoms with Crippen LogP contribution in [0.5, 0.6) is 0 Å². The zero-order chi connectivity index (χ0) is 17.9. The lowest BCUT2D eigenvalue weighted by Gasteiger charge is -2.01. The summed E-state index contributed by atoms with van der Waals surface area (Å²) in [5.74, 6) is 0. The Morgan fingerprint density at radius 1 is 0.923 bits per heavy atom. The topological polar surface area (TPSA) is 29.6 Å². The van der Waals surface area contributed by atoms with Crippen LogP contribution in [-0.4, -0.2) is 10.9 Å². The summed E-state index contributed by atoms with van der Waals surface area (Å²) in [4.78, 5) is 8.03. The maximum absolute atomic E-state index is 4.81. The maximum Gasteiger partial charge on any atom is 0.211 e. The summed E-state index contributed by atoms with van der Waals surface area (Å²) in [6.45, 7) is 4.19. The molecule has 4 rings (SSSR count). The van der Waals surface area contributed by atoms with Crippen LogP contribution in [0, 0.1) is 13.8 Å². The molecule has 1 aromatic carbocycles. The molecule has 26 heavy (non-hydrogen) atoms. The zero-order valence-corrected chi connectivity index (χ0v) is 16.9. The third-order valence-electron chi connectivity index (χ3n) is 3.91. The summed E-state index contributed by atoms with van der Waals surface area (Å²) < 4.78 is 1.94. The zero-order valence-electron chi connectivity index (χ0n) is 14.4. The molecule has 130 valence electrons. The Morgan fingerprint density at radius 3 is 2.46 bits per heavy atom. The molecule has 3 heterocycles. The summed E-state index contributed by atoms with van der Waals surface area (Å²) in [5.41, 5.74) is 4.48. The average Bonchev–Trinajstić information content (AvgIpc) is 3.37. The SMILES string of the molecule is Cc1ccc(N=c2scc(-c3cccs3)n2N=Cc2sccc2C)cc1. The molecule has 3 aromatic heterocycles. The molecule has 3 nitrogen and oxygen atoms in total. The first-order valence-corrected chi connectivity index (χ1v) is 10.8. The molecule has 0 spiro atoms. The van der Waals surface area contributed by atoms with E-state index in [0.717, 1.165) is 16.2 Å². The summed E-state index contributed by atoms with van der Waals surface area (Å²) >= 11 is 5.02. The van der Waals surface area contributed by atoms with Crippen LogP contribution >= 0.6 is 34.0 Å². The Kier molecular flexibility index (Phi) is 4.97. The van der Waals surface area contributed by atoms with E-state index in [2.05, 4.69) is 60.3 Å². The van der Waals surface area contributed by atoms with Crippen LogP contribution in [0.2, 0.25) is 0 Å². The minimum absolute atomic E-state index is 0.864. The van der Waals surface area contributed by atoms with E-state index in [4.69, 9.17) is 10.1 Å². The number of hydrogen-bond donors (Lipinski definition) is 0. The molecule has 0 aliphatic heterocycles. The van der Waals surface area contributed by atoms with Crippen LogP contribution in [0.1, 0.15) is 16.0 Å². The maximum atomic E-state index is 4.81. The molecule has 0 amide bonds. The van der Waals surface area contributed by atoms with Gasteiger partial charge in [0.15, 0.2) is 0 Å². The van der Waals surface area contributed by atoms with E-state index in [1.54, 1.807) is 34.0 Å². The minimum atomic E-state index is 0.864. The van der Waals surface area contributed by atoms with Gasteiger partial charge in [-0.25, -0.2) is 9.67 Å². The summed E-state index contributed by atoms with van der Waals surface area (Å²) in [6.07, 6.45) is 1.93. The number of aromatic nitrogens is 1. The molecule has 4 aromatic rings. The van der Waals surface area contributed by atoms with E-state index >= 15 is 0 Å². The quantitative estimate of drug-likeness (QED) is 0.375. The molecule has 0 N–H and O–H groups in total. The Morgan fingerprint density at radius 2 is 1.77 bits per heavy atom. The number of hydrogen-bond acceptors (Lipinski definition) is 5. The van der Waals surface area contributed by atoms with Crippen LogP contribution in [0.15, 0.2) is 68.7 Å². The van der Waals surface area contributed by atoms with Crippen molar-refractivity contribution in [1.29, 1.82) is 0 Å². The van der Waals surface area contributed by atoms with Crippen molar-refractivity contribution >= 4 is 45.9 Å². The number of nitrogens with zero attached hydrogens (tertiary/aromatic N) is 3. The highest BCUT2D eigenvalue weighted by molar-refractivity contribution is 7.14. The minimum Gasteiger partial charge on any atom is -0.220 e. The number of thiazole rings is 1. The van der Waals surface area contributed by atoms with Crippen LogP contribution in [-0.2, 0) is 0 Å². The molecule has 0 saturated heterocycles. The van der Waals surface area contributed by atoms with E-state index in [0.29, 0.717) is 0 Å². The third-order valence-corrected chi connectivity index (χ3v) is 6.57. The average molecular weight is 396 g/mol. The second-order valence-corrected chi connectivity index (χ2v) is 8.58. The van der Waals surface area contributed by atoms with Crippen molar-refractivity contribution in [3.8, 4) is 10.6 Å². The molecule has 0 aliphatic rings. The molecule has 0 unspecified atom stereocenters. The van der Waals surface area contributed by atoms with Gasteiger partial charge in [0.2, 0.25) is 4.80 Å². The van der Waals surface area contributed by atoms with Crippen molar-refractivity contribution in [3.05, 3.63) is 79.4 Å². The van der Waals surface area contributed by atoms with E-state index in [9.17, 15) is 0 Å². The Labute approximate surface area is 164 Å². The first-order chi connectivity index (χ1) is 12.7. The molecule has 0 aliphatic carbocycles. The fraction of sp³-hybridized carbons (Fsp3) is 0.100. The molecule has 0 saturated carbocycles. The van der Waals surface area contributed by atoms with Crippen molar-refractivity contribution in [2.24, 2.45) is 10.1 Å². The lowest BCUT2D eigenvalue weighted by Crippen LogP contribution is -2.11. The van der Waals surface area contributed by atoms with Gasteiger partial charge in [0.05, 0.1) is 27.4 Å². The Hall–Kier alpha value is -2.28. The standard InChI is InChI=1S/C20H17N3S3/c1-14-5-7-16(8-6-14)22-20-23(21-12-19-15(2)9-11-25-19)17(13-26-20)18-4-3-10-24-18/h3-13H,1-2H3. The van der Waals surface area contributed by atoms with Crippen LogP contribution in [0.3, 0.4) is 0 Å². The molecule has 6 heteroatoms. The molecule has 0 atom stereocenters. The van der Waals surface area contributed by atoms with Gasteiger partial charge in [-0.2, -0.15) is 5.10 Å². The fourth-order valence-corrected chi connectivity index (χ4v) is 4.87. The fourth-order valence-electron chi connectivity index (χ4n) is 2.44. The van der Waals surface area contributed by atoms with Crippen molar-refractivity contribution < 1.29 is 0 Å². The number of aryl methyl sites for hydroxylation is 2. The van der Waals surface area contributed by atoms with E-state index in [1.807, 2.05) is 23.0 Å². The molecule has 0 bridgehead atoms. The highest BCUT2D eigenvalue weighted by atomic mass is 32.1. The first kappa shape index (κ1) is 17.1. The second-order valence-electron chi connectivity index (χ2n) is 5.85. The van der Waals surface area contributed by atoms with E-state index in [1.165, 1.54) is 20.9 Å². The van der Waals surface area contributed by atoms with Gasteiger partial charge in [0.1, 0.15) is 0 Å². The first-order valence-electron chi connectivity index (χ1n) is 8.15. The van der Waals surface area contributed by atoms with Gasteiger partial charge in [0, 0.05) is 5.38 Å². The number of rotatable bonds is 4. The second kappa shape index (κ2) is 7.53. The van der Waals surface area contributed by atoms with Gasteiger partial charge in [-0.3, -0.25) is 0 Å². The normalized spacial score (nSPS) is 12.3. The number of benzene rings is 1. The van der Waals surface area contributed by atoms with Gasteiger partial charge in [0.25, 0.3) is 0 Å². The van der Waals surface area contributed by atoms with Crippen molar-refractivity contribution in [2.75, 3.05) is 0 Å². The van der Waals surface area contributed by atoms with Crippen LogP contribution in [0.25, 0.3) is 10.6 Å². The summed E-state index contributed by atoms with van der Waals surface area (Å²) in [7, 11) is 0. The van der Waals surface area contributed by atoms with Crippen molar-refractivity contribution in [1.82, 2.24) is 4.68 Å². The lowest BCUT2D eigenvalue weighted by atomic mass is 10.2. The number of thiophene rings is 2. The smallest absolute Gasteiger partial charge is 0.211 e. The van der Waals surface area contributed by atoms with E-state index in [-0.39, 0.29) is 0 Å². The third kappa shape index (κ3) is 3.62. The molecule has 0 radical (unpaired) electrons. The van der Waals surface area contributed by atoms with Crippen molar-refractivity contribution in [2.45, 2.75) is 13.8 Å². The van der Waals surface area contributed by atoms with Gasteiger partial charge >= 0.3 is 0 Å². The van der Waals surface area contributed by atoms with Gasteiger partial charge in [-0.05, 0) is 54.4 Å². The highest BCUT2D eigenvalue weighted by Crippen LogP contribution is 2.25. The Balaban J connectivity index is 1.83. The Bertz CT molecular complexity index is 1090. The highest BCUT2D eigenvalue weighted by Gasteiger charge is 2.08. The van der Waals surface area contributed by atoms with E-state index < -0.39 is 0 Å². The predicted molar refractivity (Wildman–Crippen MR) is 114 cm³/mol.